The molecule has 0 aliphatic heterocycles. The second kappa shape index (κ2) is 4.45. The van der Waals surface area contributed by atoms with Crippen LogP contribution in [0.25, 0.3) is 0 Å². The van der Waals surface area contributed by atoms with Crippen LogP contribution in [0.4, 0.5) is 0 Å². The fourth-order valence-electron chi connectivity index (χ4n) is 0.979. The molecule has 1 rings (SSSR count). The van der Waals surface area contributed by atoms with Gasteiger partial charge in [-0.2, -0.15) is 0 Å². The fraction of sp³-hybridized carbons (Fsp3) is 0.333. The molecule has 1 unspecified atom stereocenters. The molecule has 4 heteroatoms. The van der Waals surface area contributed by atoms with E-state index in [9.17, 15) is 10.1 Å². The van der Waals surface area contributed by atoms with E-state index < -0.39 is 6.10 Å². The van der Waals surface area contributed by atoms with E-state index >= 15 is 0 Å². The SMILES string of the molecule is CC(C[N+](=O)[O-])Oc1ccccc1. The normalized spacial score (nSPS) is 12.1. The molecular formula is C9H11NO3. The predicted octanol–water partition coefficient (Wildman–Crippen LogP) is 1.73. The third-order valence-corrected chi connectivity index (χ3v) is 1.49. The summed E-state index contributed by atoms with van der Waals surface area (Å²) in [5.41, 5.74) is 0. The number of nitro groups is 1. The van der Waals surface area contributed by atoms with Gasteiger partial charge in [0.2, 0.25) is 6.54 Å². The van der Waals surface area contributed by atoms with Crippen LogP contribution in [-0.2, 0) is 0 Å². The van der Waals surface area contributed by atoms with Crippen molar-refractivity contribution in [3.8, 4) is 5.75 Å². The smallest absolute Gasteiger partial charge is 0.239 e. The van der Waals surface area contributed by atoms with E-state index in [1.165, 1.54) is 0 Å². The predicted molar refractivity (Wildman–Crippen MR) is 48.4 cm³/mol. The largest absolute Gasteiger partial charge is 0.484 e. The summed E-state index contributed by atoms with van der Waals surface area (Å²) in [6.45, 7) is 1.50. The molecule has 0 aliphatic carbocycles. The second-order valence-electron chi connectivity index (χ2n) is 2.76. The van der Waals surface area contributed by atoms with Gasteiger partial charge < -0.3 is 4.74 Å². The lowest BCUT2D eigenvalue weighted by Gasteiger charge is -2.09. The van der Waals surface area contributed by atoms with Crippen molar-refractivity contribution >= 4 is 0 Å². The molecule has 1 atom stereocenters. The number of hydrogen-bond donors (Lipinski definition) is 0. The van der Waals surface area contributed by atoms with E-state index in [4.69, 9.17) is 4.74 Å². The third kappa shape index (κ3) is 3.55. The first-order chi connectivity index (χ1) is 6.18. The minimum atomic E-state index is -0.391. The van der Waals surface area contributed by atoms with Crippen LogP contribution in [0.15, 0.2) is 30.3 Å². The van der Waals surface area contributed by atoms with E-state index in [1.54, 1.807) is 19.1 Å². The van der Waals surface area contributed by atoms with Gasteiger partial charge in [0.1, 0.15) is 5.75 Å². The van der Waals surface area contributed by atoms with Gasteiger partial charge in [-0.1, -0.05) is 18.2 Å². The van der Waals surface area contributed by atoms with Gasteiger partial charge in [0, 0.05) is 4.92 Å². The molecule has 0 heterocycles. The Hall–Kier alpha value is -1.58. The average Bonchev–Trinajstić information content (AvgIpc) is 2.04. The standard InChI is InChI=1S/C9H11NO3/c1-8(7-10(11)12)13-9-5-3-2-4-6-9/h2-6,8H,7H2,1H3. The summed E-state index contributed by atoms with van der Waals surface area (Å²) in [5, 5.41) is 10.1. The van der Waals surface area contributed by atoms with Crippen molar-refractivity contribution in [1.29, 1.82) is 0 Å². The molecule has 0 spiro atoms. The average molecular weight is 181 g/mol. The van der Waals surface area contributed by atoms with Gasteiger partial charge in [-0.3, -0.25) is 10.1 Å². The van der Waals surface area contributed by atoms with E-state index in [0.29, 0.717) is 5.75 Å². The van der Waals surface area contributed by atoms with Crippen LogP contribution in [0.1, 0.15) is 6.92 Å². The highest BCUT2D eigenvalue weighted by atomic mass is 16.6. The third-order valence-electron chi connectivity index (χ3n) is 1.49. The van der Waals surface area contributed by atoms with E-state index in [-0.39, 0.29) is 11.5 Å². The molecule has 4 nitrogen and oxygen atoms in total. The number of benzene rings is 1. The van der Waals surface area contributed by atoms with Crippen molar-refractivity contribution < 1.29 is 9.66 Å². The molecule has 0 aromatic heterocycles. The Morgan fingerprint density at radius 1 is 1.46 bits per heavy atom. The first-order valence-corrected chi connectivity index (χ1v) is 4.02. The maximum atomic E-state index is 10.1. The lowest BCUT2D eigenvalue weighted by atomic mass is 10.3. The Labute approximate surface area is 76.3 Å². The van der Waals surface area contributed by atoms with Gasteiger partial charge >= 0.3 is 0 Å². The van der Waals surface area contributed by atoms with Crippen LogP contribution in [-0.4, -0.2) is 17.6 Å². The topological polar surface area (TPSA) is 52.4 Å². The Bertz CT molecular complexity index is 273. The maximum absolute atomic E-state index is 10.1. The van der Waals surface area contributed by atoms with Gasteiger partial charge in [0.15, 0.2) is 6.10 Å². The summed E-state index contributed by atoms with van der Waals surface area (Å²) in [5.74, 6) is 0.664. The molecule has 0 aliphatic rings. The quantitative estimate of drug-likeness (QED) is 0.525. The molecule has 0 N–H and O–H groups in total. The number of rotatable bonds is 4. The maximum Gasteiger partial charge on any atom is 0.239 e. The van der Waals surface area contributed by atoms with Crippen LogP contribution in [0.3, 0.4) is 0 Å². The summed E-state index contributed by atoms with van der Waals surface area (Å²) in [4.78, 5) is 9.74. The zero-order valence-corrected chi connectivity index (χ0v) is 7.34. The summed E-state index contributed by atoms with van der Waals surface area (Å²) in [7, 11) is 0. The van der Waals surface area contributed by atoms with Crippen molar-refractivity contribution in [2.24, 2.45) is 0 Å². The molecule has 0 radical (unpaired) electrons. The Kier molecular flexibility index (Phi) is 3.25. The van der Waals surface area contributed by atoms with E-state index in [0.717, 1.165) is 0 Å². The number of hydrogen-bond acceptors (Lipinski definition) is 3. The lowest BCUT2D eigenvalue weighted by molar-refractivity contribution is -0.488. The molecule has 0 saturated carbocycles. The van der Waals surface area contributed by atoms with Crippen molar-refractivity contribution in [3.63, 3.8) is 0 Å². The molecule has 0 bridgehead atoms. The highest BCUT2D eigenvalue weighted by molar-refractivity contribution is 5.21. The van der Waals surface area contributed by atoms with Gasteiger partial charge in [0.25, 0.3) is 0 Å². The number of para-hydroxylation sites is 1. The monoisotopic (exact) mass is 181 g/mol. The summed E-state index contributed by atoms with van der Waals surface area (Å²) in [6.07, 6.45) is -0.391. The van der Waals surface area contributed by atoms with Crippen molar-refractivity contribution in [1.82, 2.24) is 0 Å². The van der Waals surface area contributed by atoms with E-state index in [2.05, 4.69) is 0 Å². The second-order valence-corrected chi connectivity index (χ2v) is 2.76. The number of nitrogens with zero attached hydrogens (tertiary/aromatic N) is 1. The highest BCUT2D eigenvalue weighted by Gasteiger charge is 2.09. The Balaban J connectivity index is 2.45. The molecule has 0 fully saturated rings. The Morgan fingerprint density at radius 3 is 2.62 bits per heavy atom. The van der Waals surface area contributed by atoms with Gasteiger partial charge in [-0.25, -0.2) is 0 Å². The molecule has 1 aromatic rings. The van der Waals surface area contributed by atoms with Crippen LogP contribution < -0.4 is 4.74 Å². The van der Waals surface area contributed by atoms with Crippen molar-refractivity contribution in [2.75, 3.05) is 6.54 Å². The minimum Gasteiger partial charge on any atom is -0.484 e. The van der Waals surface area contributed by atoms with Gasteiger partial charge in [-0.15, -0.1) is 0 Å². The summed E-state index contributed by atoms with van der Waals surface area (Å²) in [6, 6.07) is 9.07. The molecule has 0 saturated heterocycles. The number of ether oxygens (including phenoxy) is 1. The molecule has 13 heavy (non-hydrogen) atoms. The fourth-order valence-corrected chi connectivity index (χ4v) is 0.979. The van der Waals surface area contributed by atoms with Gasteiger partial charge in [-0.05, 0) is 19.1 Å². The van der Waals surface area contributed by atoms with Crippen LogP contribution in [0.2, 0.25) is 0 Å². The molecule has 70 valence electrons. The van der Waals surface area contributed by atoms with Gasteiger partial charge in [0.05, 0.1) is 0 Å². The Morgan fingerprint density at radius 2 is 2.08 bits per heavy atom. The highest BCUT2D eigenvalue weighted by Crippen LogP contribution is 2.10. The van der Waals surface area contributed by atoms with Crippen LogP contribution in [0.5, 0.6) is 5.75 Å². The van der Waals surface area contributed by atoms with Crippen LogP contribution >= 0.6 is 0 Å². The lowest BCUT2D eigenvalue weighted by Crippen LogP contribution is -2.22. The zero-order chi connectivity index (χ0) is 9.68. The first kappa shape index (κ1) is 9.51. The summed E-state index contributed by atoms with van der Waals surface area (Å²) < 4.78 is 5.28. The first-order valence-electron chi connectivity index (χ1n) is 4.02. The van der Waals surface area contributed by atoms with Crippen molar-refractivity contribution in [2.45, 2.75) is 13.0 Å². The molecule has 0 amide bonds. The van der Waals surface area contributed by atoms with Crippen molar-refractivity contribution in [3.05, 3.63) is 40.4 Å². The minimum absolute atomic E-state index is 0.172. The summed E-state index contributed by atoms with van der Waals surface area (Å²) >= 11 is 0. The zero-order valence-electron chi connectivity index (χ0n) is 7.34. The van der Waals surface area contributed by atoms with Crippen LogP contribution in [0, 0.1) is 10.1 Å². The van der Waals surface area contributed by atoms with E-state index in [1.807, 2.05) is 18.2 Å². The molecule has 1 aromatic carbocycles. The molecular weight excluding hydrogens is 170 g/mol.